The molecule has 30 heavy (non-hydrogen) atoms. The number of pyridine rings is 1. The molecule has 4 heterocycles. The number of fused-ring (bicyclic) bond motifs is 2. The minimum absolute atomic E-state index is 0.0461. The van der Waals surface area contributed by atoms with Crippen molar-refractivity contribution in [3.8, 4) is 0 Å². The number of piperazine rings is 1. The zero-order valence-electron chi connectivity index (χ0n) is 16.5. The summed E-state index contributed by atoms with van der Waals surface area (Å²) in [4.78, 5) is 39.5. The van der Waals surface area contributed by atoms with Crippen LogP contribution in [0.3, 0.4) is 0 Å². The Labute approximate surface area is 176 Å². The molecule has 0 N–H and O–H groups in total. The normalized spacial score (nSPS) is 14.6. The van der Waals surface area contributed by atoms with E-state index in [2.05, 4.69) is 20.0 Å². The van der Waals surface area contributed by atoms with Crippen LogP contribution < -0.4 is 10.5 Å². The van der Waals surface area contributed by atoms with E-state index in [0.717, 1.165) is 26.6 Å². The van der Waals surface area contributed by atoms with E-state index in [0.29, 0.717) is 31.6 Å². The van der Waals surface area contributed by atoms with Crippen molar-refractivity contribution >= 4 is 43.5 Å². The second kappa shape index (κ2) is 7.49. The lowest BCUT2D eigenvalue weighted by atomic mass is 10.1. The molecule has 0 atom stereocenters. The lowest BCUT2D eigenvalue weighted by Crippen LogP contribution is -2.50. The number of nitrogens with zero attached hydrogens (tertiary/aromatic N) is 6. The van der Waals surface area contributed by atoms with Gasteiger partial charge >= 0.3 is 0 Å². The Morgan fingerprint density at radius 3 is 2.60 bits per heavy atom. The molecule has 1 aliphatic rings. The summed E-state index contributed by atoms with van der Waals surface area (Å²) in [6.07, 6.45) is 1.77. The Balaban J connectivity index is 1.29. The highest BCUT2D eigenvalue weighted by Gasteiger charge is 2.24. The number of carbonyl (C=O) groups is 1. The zero-order valence-corrected chi connectivity index (χ0v) is 17.3. The maximum Gasteiger partial charge on any atom is 0.275 e. The van der Waals surface area contributed by atoms with Crippen molar-refractivity contribution < 1.29 is 4.79 Å². The van der Waals surface area contributed by atoms with Crippen molar-refractivity contribution in [1.29, 1.82) is 0 Å². The van der Waals surface area contributed by atoms with Crippen LogP contribution in [0, 0.1) is 6.92 Å². The number of aromatic nitrogens is 4. The number of carbonyl (C=O) groups excluding carboxylic acids is 1. The molecular formula is C21H20N6O2S. The summed E-state index contributed by atoms with van der Waals surface area (Å²) in [7, 11) is 0. The summed E-state index contributed by atoms with van der Waals surface area (Å²) in [6.45, 7) is 4.38. The third kappa shape index (κ3) is 3.30. The third-order valence-electron chi connectivity index (χ3n) is 5.40. The van der Waals surface area contributed by atoms with Crippen molar-refractivity contribution in [2.45, 2.75) is 13.5 Å². The molecule has 0 bridgehead atoms. The molecule has 0 spiro atoms. The minimum Gasteiger partial charge on any atom is -0.344 e. The fourth-order valence-corrected chi connectivity index (χ4v) is 4.74. The largest absolute Gasteiger partial charge is 0.344 e. The van der Waals surface area contributed by atoms with Gasteiger partial charge in [0.2, 0.25) is 5.91 Å². The van der Waals surface area contributed by atoms with Gasteiger partial charge in [-0.2, -0.15) is 5.10 Å². The van der Waals surface area contributed by atoms with Crippen LogP contribution in [0.2, 0.25) is 0 Å². The van der Waals surface area contributed by atoms with Crippen molar-refractivity contribution in [3.63, 3.8) is 0 Å². The highest BCUT2D eigenvalue weighted by atomic mass is 32.1. The van der Waals surface area contributed by atoms with E-state index in [-0.39, 0.29) is 18.0 Å². The molecule has 1 fully saturated rings. The van der Waals surface area contributed by atoms with Gasteiger partial charge in [-0.05, 0) is 25.1 Å². The van der Waals surface area contributed by atoms with Crippen LogP contribution in [0.4, 0.5) is 5.13 Å². The fourth-order valence-electron chi connectivity index (χ4n) is 3.78. The van der Waals surface area contributed by atoms with Gasteiger partial charge in [0.05, 0.1) is 11.1 Å². The molecule has 0 aliphatic carbocycles. The van der Waals surface area contributed by atoms with Gasteiger partial charge in [0.15, 0.2) is 5.13 Å². The fraction of sp³-hybridized carbons (Fsp3) is 0.286. The third-order valence-corrected chi connectivity index (χ3v) is 6.44. The molecule has 3 aromatic heterocycles. The highest BCUT2D eigenvalue weighted by molar-refractivity contribution is 7.21. The van der Waals surface area contributed by atoms with Crippen LogP contribution in [0.1, 0.15) is 5.69 Å². The summed E-state index contributed by atoms with van der Waals surface area (Å²) in [6, 6.07) is 11.2. The van der Waals surface area contributed by atoms with Gasteiger partial charge in [0.1, 0.15) is 16.9 Å². The van der Waals surface area contributed by atoms with Crippen LogP contribution in [0.25, 0.3) is 21.1 Å². The monoisotopic (exact) mass is 420 g/mol. The molecule has 9 heteroatoms. The van der Waals surface area contributed by atoms with Crippen molar-refractivity contribution in [1.82, 2.24) is 24.6 Å². The minimum atomic E-state index is -0.231. The van der Waals surface area contributed by atoms with E-state index < -0.39 is 0 Å². The SMILES string of the molecule is Cc1nn(CC(=O)N2CCN(c3nc4cccnc4s3)CC2)c(=O)c2ccccc12. The van der Waals surface area contributed by atoms with E-state index in [1.165, 1.54) is 4.68 Å². The molecule has 1 aliphatic heterocycles. The number of hydrogen-bond acceptors (Lipinski definition) is 7. The second-order valence-corrected chi connectivity index (χ2v) is 8.24. The van der Waals surface area contributed by atoms with Crippen LogP contribution in [0.15, 0.2) is 47.4 Å². The lowest BCUT2D eigenvalue weighted by molar-refractivity contribution is -0.132. The average molecular weight is 420 g/mol. The maximum absolute atomic E-state index is 12.8. The number of amides is 1. The topological polar surface area (TPSA) is 84.2 Å². The van der Waals surface area contributed by atoms with Crippen LogP contribution >= 0.6 is 11.3 Å². The number of aryl methyl sites for hydroxylation is 1. The quantitative estimate of drug-likeness (QED) is 0.504. The van der Waals surface area contributed by atoms with Crippen LogP contribution in [-0.4, -0.2) is 56.7 Å². The molecule has 1 aromatic carbocycles. The molecule has 5 rings (SSSR count). The Morgan fingerprint density at radius 1 is 1.07 bits per heavy atom. The number of thiazole rings is 1. The Hall–Kier alpha value is -3.33. The maximum atomic E-state index is 12.8. The number of hydrogen-bond donors (Lipinski definition) is 0. The van der Waals surface area contributed by atoms with Gasteiger partial charge in [0, 0.05) is 37.8 Å². The Morgan fingerprint density at radius 2 is 1.83 bits per heavy atom. The van der Waals surface area contributed by atoms with Crippen molar-refractivity contribution in [3.05, 3.63) is 58.6 Å². The summed E-state index contributed by atoms with van der Waals surface area (Å²) in [5.74, 6) is -0.0927. The predicted molar refractivity (Wildman–Crippen MR) is 117 cm³/mol. The van der Waals surface area contributed by atoms with Crippen LogP contribution in [0.5, 0.6) is 0 Å². The molecule has 0 radical (unpaired) electrons. The Bertz CT molecular complexity index is 1270. The van der Waals surface area contributed by atoms with E-state index >= 15 is 0 Å². The van der Waals surface area contributed by atoms with Gasteiger partial charge < -0.3 is 9.80 Å². The summed E-state index contributed by atoms with van der Waals surface area (Å²) >= 11 is 1.57. The van der Waals surface area contributed by atoms with Crippen molar-refractivity contribution in [2.75, 3.05) is 31.1 Å². The smallest absolute Gasteiger partial charge is 0.275 e. The van der Waals surface area contributed by atoms with E-state index in [9.17, 15) is 9.59 Å². The number of benzene rings is 1. The zero-order chi connectivity index (χ0) is 20.7. The molecule has 4 aromatic rings. The number of anilines is 1. The molecule has 1 amide bonds. The van der Waals surface area contributed by atoms with E-state index in [1.54, 1.807) is 28.5 Å². The molecule has 0 unspecified atom stereocenters. The first-order valence-electron chi connectivity index (χ1n) is 9.81. The first-order valence-corrected chi connectivity index (χ1v) is 10.6. The van der Waals surface area contributed by atoms with E-state index in [1.807, 2.05) is 37.3 Å². The predicted octanol–water partition coefficient (Wildman–Crippen LogP) is 2.06. The van der Waals surface area contributed by atoms with Gasteiger partial charge in [0.25, 0.3) is 5.56 Å². The van der Waals surface area contributed by atoms with Gasteiger partial charge in [-0.1, -0.05) is 29.5 Å². The lowest BCUT2D eigenvalue weighted by Gasteiger charge is -2.34. The molecule has 1 saturated heterocycles. The first-order chi connectivity index (χ1) is 14.6. The summed E-state index contributed by atoms with van der Waals surface area (Å²) in [5, 5.41) is 6.70. The Kier molecular flexibility index (Phi) is 4.66. The second-order valence-electron chi connectivity index (χ2n) is 7.29. The van der Waals surface area contributed by atoms with E-state index in [4.69, 9.17) is 0 Å². The molecule has 8 nitrogen and oxygen atoms in total. The van der Waals surface area contributed by atoms with Crippen molar-refractivity contribution in [2.24, 2.45) is 0 Å². The summed E-state index contributed by atoms with van der Waals surface area (Å²) < 4.78 is 1.28. The first kappa shape index (κ1) is 18.7. The molecule has 152 valence electrons. The summed E-state index contributed by atoms with van der Waals surface area (Å²) in [5.41, 5.74) is 1.41. The molecule has 0 saturated carbocycles. The van der Waals surface area contributed by atoms with Gasteiger partial charge in [-0.15, -0.1) is 0 Å². The van der Waals surface area contributed by atoms with Gasteiger partial charge in [-0.25, -0.2) is 14.6 Å². The average Bonchev–Trinajstić information content (AvgIpc) is 3.22. The van der Waals surface area contributed by atoms with Crippen LogP contribution in [-0.2, 0) is 11.3 Å². The van der Waals surface area contributed by atoms with Gasteiger partial charge in [-0.3, -0.25) is 9.59 Å². The number of rotatable bonds is 3. The standard InChI is InChI=1S/C21H20N6O2S/c1-14-15-5-2-3-6-16(15)20(29)27(24-14)13-18(28)25-9-11-26(12-10-25)21-23-17-7-4-8-22-19(17)30-21/h2-8H,9-13H2,1H3. The molecular weight excluding hydrogens is 400 g/mol. The highest BCUT2D eigenvalue weighted by Crippen LogP contribution is 2.27.